The number of carbonyl (C=O) groups excluding carboxylic acids is 3. The van der Waals surface area contributed by atoms with Crippen LogP contribution in [0.2, 0.25) is 0 Å². The Bertz CT molecular complexity index is 1150. The van der Waals surface area contributed by atoms with E-state index in [9.17, 15) is 14.4 Å². The first-order chi connectivity index (χ1) is 16.2. The molecule has 0 aromatic heterocycles. The lowest BCUT2D eigenvalue weighted by Crippen LogP contribution is -2.46. The Morgan fingerprint density at radius 2 is 1.26 bits per heavy atom. The highest BCUT2D eigenvalue weighted by Gasteiger charge is 2.27. The van der Waals surface area contributed by atoms with E-state index < -0.39 is 12.0 Å². The second-order valence-corrected chi connectivity index (χ2v) is 8.71. The predicted octanol–water partition coefficient (Wildman–Crippen LogP) is 4.94. The molecule has 0 unspecified atom stereocenters. The smallest absolute Gasteiger partial charge is 0.334 e. The molecule has 0 fully saturated rings. The molecule has 2 amide bonds. The van der Waals surface area contributed by atoms with Gasteiger partial charge in [-0.1, -0.05) is 49.2 Å². The van der Waals surface area contributed by atoms with Crippen molar-refractivity contribution in [1.82, 2.24) is 5.32 Å². The van der Waals surface area contributed by atoms with Crippen LogP contribution in [0.5, 0.6) is 5.75 Å². The van der Waals surface area contributed by atoms with E-state index in [0.717, 1.165) is 11.1 Å². The third-order valence-corrected chi connectivity index (χ3v) is 5.57. The van der Waals surface area contributed by atoms with Gasteiger partial charge in [0, 0.05) is 23.9 Å². The summed E-state index contributed by atoms with van der Waals surface area (Å²) in [6.45, 7) is 7.60. The Labute approximate surface area is 200 Å². The minimum absolute atomic E-state index is 0.136. The van der Waals surface area contributed by atoms with Crippen LogP contribution >= 0.6 is 0 Å². The van der Waals surface area contributed by atoms with Gasteiger partial charge in [0.05, 0.1) is 0 Å². The summed E-state index contributed by atoms with van der Waals surface area (Å²) in [4.78, 5) is 39.7. The quantitative estimate of drug-likeness (QED) is 0.402. The number of esters is 1. The van der Waals surface area contributed by atoms with Crippen molar-refractivity contribution in [2.45, 2.75) is 33.7 Å². The number of benzene rings is 3. The molecule has 0 saturated heterocycles. The molecule has 6 nitrogen and oxygen atoms in total. The molecule has 1 atom stereocenters. The molecule has 34 heavy (non-hydrogen) atoms. The maximum Gasteiger partial charge on any atom is 0.334 e. The van der Waals surface area contributed by atoms with E-state index in [4.69, 9.17) is 4.74 Å². The minimum Gasteiger partial charge on any atom is -0.425 e. The summed E-state index contributed by atoms with van der Waals surface area (Å²) in [5.74, 6) is -0.849. The number of ether oxygens (including phenoxy) is 1. The number of amides is 2. The van der Waals surface area contributed by atoms with E-state index in [2.05, 4.69) is 5.32 Å². The number of aryl methyl sites for hydroxylation is 2. The van der Waals surface area contributed by atoms with E-state index in [-0.39, 0.29) is 17.7 Å². The maximum atomic E-state index is 12.8. The van der Waals surface area contributed by atoms with E-state index in [1.54, 1.807) is 55.6 Å². The van der Waals surface area contributed by atoms with E-state index >= 15 is 0 Å². The lowest BCUT2D eigenvalue weighted by molar-refractivity contribution is -0.137. The Morgan fingerprint density at radius 3 is 1.76 bits per heavy atom. The molecule has 0 aliphatic rings. The van der Waals surface area contributed by atoms with Crippen LogP contribution in [0, 0.1) is 19.8 Å². The number of carbonyl (C=O) groups is 3. The Hall–Kier alpha value is -3.93. The van der Waals surface area contributed by atoms with Crippen LogP contribution in [-0.2, 0) is 4.79 Å². The standard InChI is InChI=1S/C28H30N2O4/c1-18(2)25(29-26(31)21-10-6-19(3)7-11-21)28(33)34-24-16-14-23(15-17-24)30(5)27(32)22-12-8-20(4)9-13-22/h6-18,25H,1-5H3,(H,29,31)/t25-/m0/s1. The molecule has 0 aliphatic carbocycles. The van der Waals surface area contributed by atoms with Gasteiger partial charge >= 0.3 is 5.97 Å². The molecular formula is C28H30N2O4. The summed E-state index contributed by atoms with van der Waals surface area (Å²) in [5, 5.41) is 2.77. The van der Waals surface area contributed by atoms with Crippen molar-refractivity contribution in [1.29, 1.82) is 0 Å². The second-order valence-electron chi connectivity index (χ2n) is 8.71. The number of hydrogen-bond donors (Lipinski definition) is 1. The molecule has 176 valence electrons. The van der Waals surface area contributed by atoms with Crippen molar-refractivity contribution in [2.75, 3.05) is 11.9 Å². The number of rotatable bonds is 7. The first-order valence-corrected chi connectivity index (χ1v) is 11.2. The second kappa shape index (κ2) is 10.8. The van der Waals surface area contributed by atoms with Crippen LogP contribution in [0.25, 0.3) is 0 Å². The summed E-state index contributed by atoms with van der Waals surface area (Å²) in [6.07, 6.45) is 0. The number of hydrogen-bond acceptors (Lipinski definition) is 4. The van der Waals surface area contributed by atoms with Crippen LogP contribution in [0.4, 0.5) is 5.69 Å². The van der Waals surface area contributed by atoms with Crippen LogP contribution < -0.4 is 15.0 Å². The maximum absolute atomic E-state index is 12.8. The van der Waals surface area contributed by atoms with Crippen molar-refractivity contribution in [3.8, 4) is 5.75 Å². The molecule has 1 N–H and O–H groups in total. The van der Waals surface area contributed by atoms with E-state index in [1.807, 2.05) is 52.0 Å². The average Bonchev–Trinajstić information content (AvgIpc) is 2.82. The lowest BCUT2D eigenvalue weighted by atomic mass is 10.0. The van der Waals surface area contributed by atoms with Crippen molar-refractivity contribution in [2.24, 2.45) is 5.92 Å². The van der Waals surface area contributed by atoms with Crippen LogP contribution in [-0.4, -0.2) is 30.9 Å². The van der Waals surface area contributed by atoms with Gasteiger partial charge in [-0.05, 0) is 68.3 Å². The van der Waals surface area contributed by atoms with Gasteiger partial charge in [-0.2, -0.15) is 0 Å². The van der Waals surface area contributed by atoms with Crippen molar-refractivity contribution < 1.29 is 19.1 Å². The minimum atomic E-state index is -0.806. The van der Waals surface area contributed by atoms with Gasteiger partial charge in [0.25, 0.3) is 11.8 Å². The molecule has 0 radical (unpaired) electrons. The number of nitrogens with zero attached hydrogens (tertiary/aromatic N) is 1. The topological polar surface area (TPSA) is 75.7 Å². The first kappa shape index (κ1) is 24.7. The SMILES string of the molecule is Cc1ccc(C(=O)N[C@H](C(=O)Oc2ccc(N(C)C(=O)c3ccc(C)cc3)cc2)C(C)C)cc1. The highest BCUT2D eigenvalue weighted by Crippen LogP contribution is 2.21. The summed E-state index contributed by atoms with van der Waals surface area (Å²) in [6, 6.07) is 20.4. The summed E-state index contributed by atoms with van der Waals surface area (Å²) < 4.78 is 5.53. The molecule has 3 rings (SSSR count). The largest absolute Gasteiger partial charge is 0.425 e. The monoisotopic (exact) mass is 458 g/mol. The molecule has 3 aromatic carbocycles. The van der Waals surface area contributed by atoms with Gasteiger partial charge in [0.1, 0.15) is 11.8 Å². The third-order valence-electron chi connectivity index (χ3n) is 5.57. The van der Waals surface area contributed by atoms with Gasteiger partial charge in [0.15, 0.2) is 0 Å². The van der Waals surface area contributed by atoms with E-state index in [1.165, 1.54) is 4.90 Å². The fourth-order valence-electron chi connectivity index (χ4n) is 3.35. The van der Waals surface area contributed by atoms with Crippen LogP contribution in [0.15, 0.2) is 72.8 Å². The molecule has 0 bridgehead atoms. The molecular weight excluding hydrogens is 428 g/mol. The zero-order chi connectivity index (χ0) is 24.8. The average molecular weight is 459 g/mol. The highest BCUT2D eigenvalue weighted by atomic mass is 16.5. The summed E-state index contributed by atoms with van der Waals surface area (Å²) in [5.41, 5.74) is 3.87. The van der Waals surface area contributed by atoms with Gasteiger partial charge in [0.2, 0.25) is 0 Å². The van der Waals surface area contributed by atoms with Crippen molar-refractivity contribution in [3.05, 3.63) is 95.1 Å². The fraction of sp³-hybridized carbons (Fsp3) is 0.250. The molecule has 0 heterocycles. The molecule has 0 spiro atoms. The molecule has 0 aliphatic heterocycles. The Morgan fingerprint density at radius 1 is 0.765 bits per heavy atom. The predicted molar refractivity (Wildman–Crippen MR) is 133 cm³/mol. The zero-order valence-corrected chi connectivity index (χ0v) is 20.2. The van der Waals surface area contributed by atoms with Crippen molar-refractivity contribution in [3.63, 3.8) is 0 Å². The normalized spacial score (nSPS) is 11.6. The van der Waals surface area contributed by atoms with Gasteiger partial charge in [-0.15, -0.1) is 0 Å². The lowest BCUT2D eigenvalue weighted by Gasteiger charge is -2.21. The summed E-state index contributed by atoms with van der Waals surface area (Å²) >= 11 is 0. The third kappa shape index (κ3) is 6.10. The Kier molecular flexibility index (Phi) is 7.84. The van der Waals surface area contributed by atoms with Crippen LogP contribution in [0.3, 0.4) is 0 Å². The molecule has 0 saturated carbocycles. The fourth-order valence-corrected chi connectivity index (χ4v) is 3.35. The zero-order valence-electron chi connectivity index (χ0n) is 20.2. The van der Waals surface area contributed by atoms with Crippen LogP contribution in [0.1, 0.15) is 45.7 Å². The summed E-state index contributed by atoms with van der Waals surface area (Å²) in [7, 11) is 1.69. The van der Waals surface area contributed by atoms with Gasteiger partial charge in [-0.3, -0.25) is 9.59 Å². The van der Waals surface area contributed by atoms with Crippen molar-refractivity contribution >= 4 is 23.5 Å². The van der Waals surface area contributed by atoms with E-state index in [0.29, 0.717) is 22.6 Å². The Balaban J connectivity index is 1.65. The molecule has 3 aromatic rings. The number of anilines is 1. The highest BCUT2D eigenvalue weighted by molar-refractivity contribution is 6.05. The molecule has 6 heteroatoms. The van der Waals surface area contributed by atoms with Gasteiger partial charge < -0.3 is 15.0 Å². The number of nitrogens with one attached hydrogen (secondary N) is 1. The first-order valence-electron chi connectivity index (χ1n) is 11.2. The van der Waals surface area contributed by atoms with Gasteiger partial charge in [-0.25, -0.2) is 4.79 Å².